The van der Waals surface area contributed by atoms with Crippen molar-refractivity contribution < 1.29 is 14.0 Å². The lowest BCUT2D eigenvalue weighted by Gasteiger charge is -2.06. The summed E-state index contributed by atoms with van der Waals surface area (Å²) >= 11 is 0. The molecule has 7 heteroatoms. The number of halogens is 1. The molecule has 2 amide bonds. The number of para-hydroxylation sites is 2. The topological polar surface area (TPSA) is 84.0 Å². The molecule has 142 valence electrons. The van der Waals surface area contributed by atoms with Gasteiger partial charge in [-0.05, 0) is 42.8 Å². The van der Waals surface area contributed by atoms with E-state index >= 15 is 0 Å². The van der Waals surface area contributed by atoms with Gasteiger partial charge in [-0.25, -0.2) is 9.37 Å². The number of fused-ring (bicyclic) bond motifs is 1. The Bertz CT molecular complexity index is 1050. The number of nitrogens with one attached hydrogen (secondary N) is 2. The molecule has 0 bridgehead atoms. The summed E-state index contributed by atoms with van der Waals surface area (Å²) in [6.07, 6.45) is 4.52. The number of rotatable bonds is 6. The Morgan fingerprint density at radius 2 is 1.82 bits per heavy atom. The second-order valence-electron chi connectivity index (χ2n) is 6.13. The van der Waals surface area contributed by atoms with Crippen LogP contribution in [-0.4, -0.2) is 34.9 Å². The number of hydrogen-bond donors (Lipinski definition) is 2. The normalized spacial score (nSPS) is 10.9. The zero-order valence-electron chi connectivity index (χ0n) is 15.3. The molecule has 1 aromatic heterocycles. The predicted octanol–water partition coefficient (Wildman–Crippen LogP) is 2.64. The van der Waals surface area contributed by atoms with Crippen molar-refractivity contribution in [1.29, 1.82) is 0 Å². The van der Waals surface area contributed by atoms with Crippen molar-refractivity contribution in [1.82, 2.24) is 20.6 Å². The Labute approximate surface area is 161 Å². The highest BCUT2D eigenvalue weighted by molar-refractivity contribution is 5.94. The van der Waals surface area contributed by atoms with Gasteiger partial charge in [-0.2, -0.15) is 0 Å². The van der Waals surface area contributed by atoms with Crippen LogP contribution in [0.2, 0.25) is 0 Å². The third-order valence-electron chi connectivity index (χ3n) is 4.02. The van der Waals surface area contributed by atoms with Crippen LogP contribution in [0.25, 0.3) is 17.1 Å². The van der Waals surface area contributed by atoms with E-state index in [4.69, 9.17) is 0 Å². The van der Waals surface area contributed by atoms with Gasteiger partial charge in [-0.3, -0.25) is 14.6 Å². The summed E-state index contributed by atoms with van der Waals surface area (Å²) in [6, 6.07) is 11.8. The number of aromatic nitrogens is 2. The Kier molecular flexibility index (Phi) is 6.06. The molecule has 0 aliphatic rings. The zero-order chi connectivity index (χ0) is 19.9. The molecule has 0 aliphatic heterocycles. The molecule has 0 saturated heterocycles. The fraction of sp³-hybridized carbons (Fsp3) is 0.143. The van der Waals surface area contributed by atoms with Crippen LogP contribution in [0.1, 0.15) is 21.6 Å². The summed E-state index contributed by atoms with van der Waals surface area (Å²) in [5.74, 6) is -1.14. The molecule has 0 atom stereocenters. The van der Waals surface area contributed by atoms with E-state index in [1.807, 2.05) is 24.3 Å². The molecule has 0 unspecified atom stereocenters. The molecule has 6 nitrogen and oxygen atoms in total. The van der Waals surface area contributed by atoms with Gasteiger partial charge in [0.15, 0.2) is 0 Å². The van der Waals surface area contributed by atoms with Crippen LogP contribution in [0.5, 0.6) is 0 Å². The summed E-state index contributed by atoms with van der Waals surface area (Å²) in [5.41, 5.74) is 2.83. The van der Waals surface area contributed by atoms with Crippen molar-refractivity contribution in [3.63, 3.8) is 0 Å². The maximum absolute atomic E-state index is 13.5. The van der Waals surface area contributed by atoms with E-state index in [0.29, 0.717) is 11.3 Å². The second-order valence-corrected chi connectivity index (χ2v) is 6.13. The lowest BCUT2D eigenvalue weighted by atomic mass is 10.1. The molecule has 3 aromatic rings. The number of benzene rings is 2. The number of aryl methyl sites for hydroxylation is 1. The van der Waals surface area contributed by atoms with Gasteiger partial charge >= 0.3 is 0 Å². The van der Waals surface area contributed by atoms with Crippen LogP contribution < -0.4 is 10.6 Å². The first-order chi connectivity index (χ1) is 13.5. The average molecular weight is 378 g/mol. The summed E-state index contributed by atoms with van der Waals surface area (Å²) in [4.78, 5) is 32.5. The summed E-state index contributed by atoms with van der Waals surface area (Å²) in [5, 5.41) is 5.28. The van der Waals surface area contributed by atoms with Crippen LogP contribution >= 0.6 is 0 Å². The third-order valence-corrected chi connectivity index (χ3v) is 4.02. The summed E-state index contributed by atoms with van der Waals surface area (Å²) < 4.78 is 13.5. The molecule has 0 radical (unpaired) electrons. The highest BCUT2D eigenvalue weighted by Crippen LogP contribution is 2.10. The second kappa shape index (κ2) is 8.85. The molecular weight excluding hydrogens is 359 g/mol. The average Bonchev–Trinajstić information content (AvgIpc) is 2.71. The maximum Gasteiger partial charge on any atom is 0.251 e. The third kappa shape index (κ3) is 4.97. The quantitative estimate of drug-likeness (QED) is 0.510. The zero-order valence-corrected chi connectivity index (χ0v) is 15.3. The van der Waals surface area contributed by atoms with E-state index in [2.05, 4.69) is 20.6 Å². The number of amides is 2. The first-order valence-electron chi connectivity index (χ1n) is 8.75. The predicted molar refractivity (Wildman–Crippen MR) is 105 cm³/mol. The van der Waals surface area contributed by atoms with Crippen LogP contribution in [0, 0.1) is 12.7 Å². The number of nitrogens with zero attached hydrogens (tertiary/aromatic N) is 2. The molecular formula is C21H19FN4O2. The Morgan fingerprint density at radius 1 is 1.07 bits per heavy atom. The van der Waals surface area contributed by atoms with Crippen LogP contribution in [-0.2, 0) is 4.79 Å². The van der Waals surface area contributed by atoms with E-state index in [1.165, 1.54) is 12.1 Å². The largest absolute Gasteiger partial charge is 0.351 e. The highest BCUT2D eigenvalue weighted by Gasteiger charge is 2.07. The van der Waals surface area contributed by atoms with Crippen molar-refractivity contribution in [2.45, 2.75) is 6.92 Å². The van der Waals surface area contributed by atoms with Crippen molar-refractivity contribution in [3.8, 4) is 0 Å². The van der Waals surface area contributed by atoms with Gasteiger partial charge in [0.05, 0.1) is 22.9 Å². The van der Waals surface area contributed by atoms with Gasteiger partial charge in [-0.1, -0.05) is 18.2 Å². The van der Waals surface area contributed by atoms with Gasteiger partial charge in [0.1, 0.15) is 5.82 Å². The van der Waals surface area contributed by atoms with Gasteiger partial charge in [0, 0.05) is 24.7 Å². The lowest BCUT2D eigenvalue weighted by molar-refractivity contribution is -0.116. The number of carbonyl (C=O) groups is 2. The van der Waals surface area contributed by atoms with Crippen LogP contribution in [0.15, 0.2) is 54.7 Å². The molecule has 28 heavy (non-hydrogen) atoms. The molecule has 2 N–H and O–H groups in total. The van der Waals surface area contributed by atoms with Crippen LogP contribution in [0.3, 0.4) is 0 Å². The van der Waals surface area contributed by atoms with Crippen molar-refractivity contribution in [2.75, 3.05) is 13.1 Å². The summed E-state index contributed by atoms with van der Waals surface area (Å²) in [7, 11) is 0. The minimum atomic E-state index is -0.428. The first kappa shape index (κ1) is 19.2. The fourth-order valence-corrected chi connectivity index (χ4v) is 2.47. The molecule has 1 heterocycles. The van der Waals surface area contributed by atoms with Gasteiger partial charge in [0.25, 0.3) is 5.91 Å². The van der Waals surface area contributed by atoms with Gasteiger partial charge in [-0.15, -0.1) is 0 Å². The Morgan fingerprint density at radius 3 is 2.61 bits per heavy atom. The maximum atomic E-state index is 13.5. The molecule has 2 aromatic carbocycles. The van der Waals surface area contributed by atoms with Crippen molar-refractivity contribution >= 4 is 28.9 Å². The standard InChI is InChI=1S/C21H19FN4O2/c1-14-6-7-15(12-17(14)22)21(28)24-11-10-23-20(27)9-8-16-13-25-18-4-2-3-5-19(18)26-16/h2-9,12-13H,10-11H2,1H3,(H,23,27)(H,24,28)/b9-8+. The lowest BCUT2D eigenvalue weighted by Crippen LogP contribution is -2.34. The van der Waals surface area contributed by atoms with Crippen molar-refractivity contribution in [3.05, 3.63) is 77.4 Å². The SMILES string of the molecule is Cc1ccc(C(=O)NCCNC(=O)/C=C/c2cnc3ccccc3n2)cc1F. The highest BCUT2D eigenvalue weighted by atomic mass is 19.1. The molecule has 0 spiro atoms. The minimum Gasteiger partial charge on any atom is -0.351 e. The molecule has 0 fully saturated rings. The number of hydrogen-bond acceptors (Lipinski definition) is 4. The Balaban J connectivity index is 1.45. The monoisotopic (exact) mass is 378 g/mol. The van der Waals surface area contributed by atoms with Gasteiger partial charge < -0.3 is 10.6 Å². The fourth-order valence-electron chi connectivity index (χ4n) is 2.47. The molecule has 3 rings (SSSR count). The van der Waals surface area contributed by atoms with E-state index < -0.39 is 11.7 Å². The van der Waals surface area contributed by atoms with E-state index in [1.54, 1.807) is 31.3 Å². The van der Waals surface area contributed by atoms with Gasteiger partial charge in [0.2, 0.25) is 5.91 Å². The molecule has 0 aliphatic carbocycles. The van der Waals surface area contributed by atoms with E-state index in [-0.39, 0.29) is 24.6 Å². The van der Waals surface area contributed by atoms with E-state index in [9.17, 15) is 14.0 Å². The van der Waals surface area contributed by atoms with E-state index in [0.717, 1.165) is 11.0 Å². The Hall–Kier alpha value is -3.61. The first-order valence-corrected chi connectivity index (χ1v) is 8.75. The molecule has 0 saturated carbocycles. The van der Waals surface area contributed by atoms with Crippen molar-refractivity contribution in [2.24, 2.45) is 0 Å². The summed E-state index contributed by atoms with van der Waals surface area (Å²) in [6.45, 7) is 2.10. The smallest absolute Gasteiger partial charge is 0.251 e. The minimum absolute atomic E-state index is 0.226. The van der Waals surface area contributed by atoms with Crippen LogP contribution in [0.4, 0.5) is 4.39 Å². The number of carbonyl (C=O) groups excluding carboxylic acids is 2.